The Kier molecular flexibility index (Phi) is 7.73. The topological polar surface area (TPSA) is 70.7 Å². The molecule has 0 unspecified atom stereocenters. The number of ether oxygens (including phenoxy) is 1. The van der Waals surface area contributed by atoms with Crippen LogP contribution in [0.2, 0.25) is 0 Å². The second-order valence-corrected chi connectivity index (χ2v) is 6.70. The number of rotatable bonds is 7. The van der Waals surface area contributed by atoms with E-state index in [0.29, 0.717) is 17.8 Å². The molecule has 6 nitrogen and oxygen atoms in total. The minimum Gasteiger partial charge on any atom is -0.465 e. The Bertz CT molecular complexity index is 560. The van der Waals surface area contributed by atoms with Crippen molar-refractivity contribution < 1.29 is 14.3 Å². The van der Waals surface area contributed by atoms with E-state index in [2.05, 4.69) is 27.2 Å². The van der Waals surface area contributed by atoms with E-state index in [4.69, 9.17) is 0 Å². The van der Waals surface area contributed by atoms with Crippen LogP contribution in [0.3, 0.4) is 0 Å². The van der Waals surface area contributed by atoms with Gasteiger partial charge in [0.25, 0.3) is 0 Å². The summed E-state index contributed by atoms with van der Waals surface area (Å²) >= 11 is 0. The SMILES string of the molecule is COC(=O)c1ccc(NC(=O)NCCCCN2CCC[C@@H](C)C2)cc1. The number of hydrogen-bond donors (Lipinski definition) is 2. The molecule has 6 heteroatoms. The fraction of sp³-hybridized carbons (Fsp3) is 0.579. The smallest absolute Gasteiger partial charge is 0.337 e. The van der Waals surface area contributed by atoms with Gasteiger partial charge in [-0.15, -0.1) is 0 Å². The second kappa shape index (κ2) is 10.0. The Balaban J connectivity index is 1.60. The third-order valence-electron chi connectivity index (χ3n) is 4.49. The van der Waals surface area contributed by atoms with Gasteiger partial charge in [-0.3, -0.25) is 0 Å². The van der Waals surface area contributed by atoms with Gasteiger partial charge in [0, 0.05) is 18.8 Å². The first-order chi connectivity index (χ1) is 12.1. The van der Waals surface area contributed by atoms with E-state index in [1.165, 1.54) is 33.0 Å². The molecular weight excluding hydrogens is 318 g/mol. The van der Waals surface area contributed by atoms with E-state index >= 15 is 0 Å². The van der Waals surface area contributed by atoms with Crippen molar-refractivity contribution in [2.45, 2.75) is 32.6 Å². The maximum Gasteiger partial charge on any atom is 0.337 e. The summed E-state index contributed by atoms with van der Waals surface area (Å²) in [4.78, 5) is 25.8. The molecule has 2 rings (SSSR count). The predicted octanol–water partition coefficient (Wildman–Crippen LogP) is 3.11. The van der Waals surface area contributed by atoms with Crippen molar-refractivity contribution in [3.05, 3.63) is 29.8 Å². The lowest BCUT2D eigenvalue weighted by atomic mass is 10.0. The van der Waals surface area contributed by atoms with Crippen LogP contribution in [0, 0.1) is 5.92 Å². The van der Waals surface area contributed by atoms with Gasteiger partial charge >= 0.3 is 12.0 Å². The number of nitrogens with one attached hydrogen (secondary N) is 2. The Labute approximate surface area is 149 Å². The first-order valence-corrected chi connectivity index (χ1v) is 9.04. The number of anilines is 1. The van der Waals surface area contributed by atoms with Crippen LogP contribution in [0.25, 0.3) is 0 Å². The quantitative estimate of drug-likeness (QED) is 0.587. The lowest BCUT2D eigenvalue weighted by Gasteiger charge is -2.30. The molecule has 2 N–H and O–H groups in total. The number of hydrogen-bond acceptors (Lipinski definition) is 4. The fourth-order valence-corrected chi connectivity index (χ4v) is 3.13. The van der Waals surface area contributed by atoms with Gasteiger partial charge in [-0.1, -0.05) is 6.92 Å². The zero-order valence-electron chi connectivity index (χ0n) is 15.2. The fourth-order valence-electron chi connectivity index (χ4n) is 3.13. The van der Waals surface area contributed by atoms with Crippen LogP contribution in [-0.4, -0.2) is 50.2 Å². The molecule has 0 aromatic heterocycles. The number of methoxy groups -OCH3 is 1. The van der Waals surface area contributed by atoms with Crippen LogP contribution in [0.4, 0.5) is 10.5 Å². The number of urea groups is 1. The average Bonchev–Trinajstić information content (AvgIpc) is 2.61. The summed E-state index contributed by atoms with van der Waals surface area (Å²) in [5.41, 5.74) is 1.10. The van der Waals surface area contributed by atoms with E-state index in [0.717, 1.165) is 25.3 Å². The highest BCUT2D eigenvalue weighted by molar-refractivity contribution is 5.92. The van der Waals surface area contributed by atoms with Crippen LogP contribution in [-0.2, 0) is 4.74 Å². The monoisotopic (exact) mass is 347 g/mol. The van der Waals surface area contributed by atoms with Gasteiger partial charge in [-0.05, 0) is 69.0 Å². The number of unbranched alkanes of at least 4 members (excludes halogenated alkanes) is 1. The molecule has 0 aliphatic carbocycles. The van der Waals surface area contributed by atoms with Crippen LogP contribution in [0.1, 0.15) is 43.0 Å². The van der Waals surface area contributed by atoms with Gasteiger partial charge in [0.1, 0.15) is 0 Å². The number of carbonyl (C=O) groups excluding carboxylic acids is 2. The first kappa shape index (κ1) is 19.2. The Morgan fingerprint density at radius 3 is 2.68 bits per heavy atom. The maximum atomic E-state index is 11.9. The number of nitrogens with zero attached hydrogens (tertiary/aromatic N) is 1. The summed E-state index contributed by atoms with van der Waals surface area (Å²) in [6, 6.07) is 6.40. The minimum absolute atomic E-state index is 0.225. The predicted molar refractivity (Wildman–Crippen MR) is 98.9 cm³/mol. The van der Waals surface area contributed by atoms with E-state index in [-0.39, 0.29) is 12.0 Å². The molecule has 1 aromatic carbocycles. The van der Waals surface area contributed by atoms with Gasteiger partial charge in [-0.2, -0.15) is 0 Å². The number of amides is 2. The molecule has 0 saturated carbocycles. The number of likely N-dealkylation sites (tertiary alicyclic amines) is 1. The Morgan fingerprint density at radius 2 is 2.00 bits per heavy atom. The van der Waals surface area contributed by atoms with Crippen molar-refractivity contribution in [1.82, 2.24) is 10.2 Å². The van der Waals surface area contributed by atoms with E-state index in [9.17, 15) is 9.59 Å². The maximum absolute atomic E-state index is 11.9. The summed E-state index contributed by atoms with van der Waals surface area (Å²) in [7, 11) is 1.34. The van der Waals surface area contributed by atoms with Crippen LogP contribution >= 0.6 is 0 Å². The van der Waals surface area contributed by atoms with E-state index in [1.807, 2.05) is 0 Å². The molecule has 25 heavy (non-hydrogen) atoms. The van der Waals surface area contributed by atoms with Crippen molar-refractivity contribution in [2.75, 3.05) is 38.6 Å². The lowest BCUT2D eigenvalue weighted by Crippen LogP contribution is -2.35. The molecule has 2 amide bonds. The summed E-state index contributed by atoms with van der Waals surface area (Å²) in [5.74, 6) is 0.419. The molecule has 1 aromatic rings. The van der Waals surface area contributed by atoms with E-state index < -0.39 is 0 Å². The van der Waals surface area contributed by atoms with Crippen LogP contribution < -0.4 is 10.6 Å². The molecule has 1 atom stereocenters. The summed E-state index contributed by atoms with van der Waals surface area (Å²) in [6.07, 6.45) is 4.72. The van der Waals surface area contributed by atoms with Gasteiger partial charge in [-0.25, -0.2) is 9.59 Å². The van der Waals surface area contributed by atoms with Gasteiger partial charge in [0.2, 0.25) is 0 Å². The van der Waals surface area contributed by atoms with Crippen molar-refractivity contribution >= 4 is 17.7 Å². The minimum atomic E-state index is -0.390. The molecule has 0 spiro atoms. The highest BCUT2D eigenvalue weighted by Gasteiger charge is 2.15. The van der Waals surface area contributed by atoms with Crippen LogP contribution in [0.5, 0.6) is 0 Å². The zero-order chi connectivity index (χ0) is 18.1. The Hall–Kier alpha value is -2.08. The molecule has 1 aliphatic heterocycles. The lowest BCUT2D eigenvalue weighted by molar-refractivity contribution is 0.0600. The summed E-state index contributed by atoms with van der Waals surface area (Å²) in [6.45, 7) is 6.50. The van der Waals surface area contributed by atoms with Crippen LogP contribution in [0.15, 0.2) is 24.3 Å². The van der Waals surface area contributed by atoms with Gasteiger partial charge in [0.15, 0.2) is 0 Å². The molecular formula is C19H29N3O3. The normalized spacial score (nSPS) is 17.8. The highest BCUT2D eigenvalue weighted by Crippen LogP contribution is 2.15. The summed E-state index contributed by atoms with van der Waals surface area (Å²) in [5, 5.41) is 5.63. The molecule has 138 valence electrons. The van der Waals surface area contributed by atoms with Crippen molar-refractivity contribution in [3.8, 4) is 0 Å². The highest BCUT2D eigenvalue weighted by atomic mass is 16.5. The molecule has 1 heterocycles. The largest absolute Gasteiger partial charge is 0.465 e. The Morgan fingerprint density at radius 1 is 1.24 bits per heavy atom. The second-order valence-electron chi connectivity index (χ2n) is 6.70. The first-order valence-electron chi connectivity index (χ1n) is 9.04. The van der Waals surface area contributed by atoms with Crippen molar-refractivity contribution in [3.63, 3.8) is 0 Å². The number of benzene rings is 1. The van der Waals surface area contributed by atoms with Crippen molar-refractivity contribution in [2.24, 2.45) is 5.92 Å². The third-order valence-corrected chi connectivity index (χ3v) is 4.49. The van der Waals surface area contributed by atoms with E-state index in [1.54, 1.807) is 24.3 Å². The molecule has 1 fully saturated rings. The number of esters is 1. The standard InChI is InChI=1S/C19H29N3O3/c1-15-6-5-13-22(14-15)12-4-3-11-20-19(24)21-17-9-7-16(8-10-17)18(23)25-2/h7-10,15H,3-6,11-14H2,1-2H3,(H2,20,21,24)/t15-/m1/s1. The molecule has 1 aliphatic rings. The zero-order valence-corrected chi connectivity index (χ0v) is 15.2. The molecule has 1 saturated heterocycles. The molecule has 0 radical (unpaired) electrons. The number of carbonyl (C=O) groups is 2. The van der Waals surface area contributed by atoms with Gasteiger partial charge < -0.3 is 20.3 Å². The van der Waals surface area contributed by atoms with Crippen molar-refractivity contribution in [1.29, 1.82) is 0 Å². The van der Waals surface area contributed by atoms with Gasteiger partial charge in [0.05, 0.1) is 12.7 Å². The third kappa shape index (κ3) is 6.74. The average molecular weight is 347 g/mol. The number of piperidine rings is 1. The molecule has 0 bridgehead atoms. The summed E-state index contributed by atoms with van der Waals surface area (Å²) < 4.78 is 4.64.